The molecule has 268 valence electrons. The van der Waals surface area contributed by atoms with E-state index >= 15 is 0 Å². The zero-order valence-corrected chi connectivity index (χ0v) is 30.6. The van der Waals surface area contributed by atoms with Crippen LogP contribution in [0, 0.1) is 0 Å². The van der Waals surface area contributed by atoms with Gasteiger partial charge in [-0.25, -0.2) is 0 Å². The van der Waals surface area contributed by atoms with E-state index in [0.29, 0.717) is 46.7 Å². The first-order chi connectivity index (χ1) is 24.2. The summed E-state index contributed by atoms with van der Waals surface area (Å²) in [6.45, 7) is 8.44. The van der Waals surface area contributed by atoms with Crippen molar-refractivity contribution in [3.63, 3.8) is 0 Å². The Morgan fingerprint density at radius 1 is 0.640 bits per heavy atom. The van der Waals surface area contributed by atoms with E-state index < -0.39 is 0 Å². The van der Waals surface area contributed by atoms with Crippen LogP contribution in [-0.4, -0.2) is 40.7 Å². The van der Waals surface area contributed by atoms with Gasteiger partial charge < -0.3 is 43.0 Å². The zero-order valence-electron chi connectivity index (χ0n) is 30.6. The fraction of sp³-hybridized carbons (Fsp3) is 0.415. The van der Waals surface area contributed by atoms with Gasteiger partial charge in [-0.05, 0) is 84.5 Å². The minimum absolute atomic E-state index is 0.0340. The third-order valence-corrected chi connectivity index (χ3v) is 9.31. The minimum atomic E-state index is -0.352. The highest BCUT2D eigenvalue weighted by atomic mass is 16.5. The summed E-state index contributed by atoms with van der Waals surface area (Å²) in [7, 11) is 8.07. The SMILES string of the molecule is CCCc1ccc(OC(CC)c2cc(OC)c3c(c2)C(C)C(c2cc(OC)c(OC(CC)c4ccc(O)c(OC)c4)c(OC)c2)O3)c(OC)c1. The van der Waals surface area contributed by atoms with Crippen LogP contribution in [0.15, 0.2) is 60.7 Å². The Labute approximate surface area is 296 Å². The maximum atomic E-state index is 10.1. The number of phenolic OH excluding ortho intramolecular Hbond substituents is 1. The normalized spacial score (nSPS) is 16.1. The summed E-state index contributed by atoms with van der Waals surface area (Å²) in [6, 6.07) is 19.4. The number of hydrogen-bond acceptors (Lipinski definition) is 9. The molecule has 4 atom stereocenters. The quantitative estimate of drug-likeness (QED) is 0.124. The van der Waals surface area contributed by atoms with Crippen molar-refractivity contribution in [1.29, 1.82) is 0 Å². The monoisotopic (exact) mass is 686 g/mol. The molecule has 1 aliphatic rings. The first kappa shape index (κ1) is 36.4. The van der Waals surface area contributed by atoms with Gasteiger partial charge in [0.15, 0.2) is 46.0 Å². The lowest BCUT2D eigenvalue weighted by atomic mass is 9.90. The smallest absolute Gasteiger partial charge is 0.204 e. The summed E-state index contributed by atoms with van der Waals surface area (Å²) < 4.78 is 48.5. The first-order valence-corrected chi connectivity index (χ1v) is 17.2. The Morgan fingerprint density at radius 2 is 1.26 bits per heavy atom. The van der Waals surface area contributed by atoms with Crippen LogP contribution in [0.25, 0.3) is 0 Å². The summed E-state index contributed by atoms with van der Waals surface area (Å²) in [5.74, 6) is 4.69. The molecule has 0 fully saturated rings. The molecule has 0 aliphatic carbocycles. The van der Waals surface area contributed by atoms with Crippen molar-refractivity contribution in [2.24, 2.45) is 0 Å². The third-order valence-electron chi connectivity index (χ3n) is 9.31. The molecule has 1 heterocycles. The summed E-state index contributed by atoms with van der Waals surface area (Å²) >= 11 is 0. The molecule has 0 spiro atoms. The highest BCUT2D eigenvalue weighted by Gasteiger charge is 2.37. The molecule has 9 nitrogen and oxygen atoms in total. The lowest BCUT2D eigenvalue weighted by molar-refractivity contribution is 0.181. The Hall–Kier alpha value is -4.92. The molecule has 1 aliphatic heterocycles. The van der Waals surface area contributed by atoms with E-state index in [-0.39, 0.29) is 30.0 Å². The maximum Gasteiger partial charge on any atom is 0.204 e. The molecule has 0 bridgehead atoms. The van der Waals surface area contributed by atoms with Crippen molar-refractivity contribution < 1.29 is 43.0 Å². The van der Waals surface area contributed by atoms with Crippen LogP contribution in [0.2, 0.25) is 0 Å². The second-order valence-corrected chi connectivity index (χ2v) is 12.4. The highest BCUT2D eigenvalue weighted by molar-refractivity contribution is 5.59. The topological polar surface area (TPSA) is 94.1 Å². The number of fused-ring (bicyclic) bond motifs is 1. The second-order valence-electron chi connectivity index (χ2n) is 12.4. The molecule has 0 saturated carbocycles. The van der Waals surface area contributed by atoms with E-state index in [1.165, 1.54) is 12.7 Å². The molecule has 50 heavy (non-hydrogen) atoms. The number of methoxy groups -OCH3 is 5. The van der Waals surface area contributed by atoms with Gasteiger partial charge in [0.25, 0.3) is 0 Å². The van der Waals surface area contributed by atoms with E-state index in [0.717, 1.165) is 47.3 Å². The van der Waals surface area contributed by atoms with Crippen molar-refractivity contribution in [3.05, 3.63) is 88.5 Å². The predicted molar refractivity (Wildman–Crippen MR) is 193 cm³/mol. The van der Waals surface area contributed by atoms with Gasteiger partial charge in [-0.2, -0.15) is 0 Å². The van der Waals surface area contributed by atoms with Crippen molar-refractivity contribution >= 4 is 0 Å². The molecule has 1 N–H and O–H groups in total. The average Bonchev–Trinajstić information content (AvgIpc) is 3.48. The van der Waals surface area contributed by atoms with Crippen LogP contribution in [0.1, 0.15) is 99.0 Å². The third kappa shape index (κ3) is 7.32. The number of aromatic hydroxyl groups is 1. The van der Waals surface area contributed by atoms with Crippen LogP contribution in [0.5, 0.6) is 51.7 Å². The number of rotatable bonds is 16. The first-order valence-electron chi connectivity index (χ1n) is 17.2. The highest BCUT2D eigenvalue weighted by Crippen LogP contribution is 2.54. The molecule has 0 radical (unpaired) electrons. The van der Waals surface area contributed by atoms with Crippen LogP contribution in [-0.2, 0) is 6.42 Å². The number of ether oxygens (including phenoxy) is 8. The van der Waals surface area contributed by atoms with Crippen LogP contribution in [0.3, 0.4) is 0 Å². The lowest BCUT2D eigenvalue weighted by Crippen LogP contribution is -2.11. The van der Waals surface area contributed by atoms with Gasteiger partial charge in [0.05, 0.1) is 35.5 Å². The van der Waals surface area contributed by atoms with Crippen LogP contribution < -0.4 is 37.9 Å². The Balaban J connectivity index is 1.45. The number of hydrogen-bond donors (Lipinski definition) is 1. The molecule has 4 unspecified atom stereocenters. The zero-order chi connectivity index (χ0) is 35.9. The van der Waals surface area contributed by atoms with Gasteiger partial charge in [-0.15, -0.1) is 0 Å². The van der Waals surface area contributed by atoms with Crippen molar-refractivity contribution in [1.82, 2.24) is 0 Å². The molecular weight excluding hydrogens is 636 g/mol. The van der Waals surface area contributed by atoms with Crippen LogP contribution in [0.4, 0.5) is 0 Å². The molecule has 0 amide bonds. The van der Waals surface area contributed by atoms with Gasteiger partial charge in [0.1, 0.15) is 18.3 Å². The fourth-order valence-electron chi connectivity index (χ4n) is 6.59. The maximum absolute atomic E-state index is 10.1. The number of aryl methyl sites for hydroxylation is 1. The van der Waals surface area contributed by atoms with Gasteiger partial charge in [0.2, 0.25) is 5.75 Å². The van der Waals surface area contributed by atoms with Gasteiger partial charge in [0, 0.05) is 17.0 Å². The summed E-state index contributed by atoms with van der Waals surface area (Å²) in [4.78, 5) is 0. The van der Waals surface area contributed by atoms with Crippen LogP contribution >= 0.6 is 0 Å². The molecule has 9 heteroatoms. The van der Waals surface area contributed by atoms with Crippen molar-refractivity contribution in [3.8, 4) is 51.7 Å². The van der Waals surface area contributed by atoms with Crippen molar-refractivity contribution in [2.75, 3.05) is 35.5 Å². The van der Waals surface area contributed by atoms with Gasteiger partial charge in [-0.3, -0.25) is 0 Å². The fourth-order valence-corrected chi connectivity index (χ4v) is 6.59. The summed E-state index contributed by atoms with van der Waals surface area (Å²) in [5.41, 5.74) is 4.97. The van der Waals surface area contributed by atoms with E-state index in [4.69, 9.17) is 37.9 Å². The molecule has 0 saturated heterocycles. The molecular formula is C41H50O9. The molecule has 5 rings (SSSR count). The molecule has 0 aromatic heterocycles. The van der Waals surface area contributed by atoms with Gasteiger partial charge in [-0.1, -0.05) is 46.2 Å². The van der Waals surface area contributed by atoms with E-state index in [9.17, 15) is 5.11 Å². The molecule has 4 aromatic carbocycles. The van der Waals surface area contributed by atoms with Crippen molar-refractivity contribution in [2.45, 2.75) is 77.6 Å². The Bertz CT molecular complexity index is 1740. The van der Waals surface area contributed by atoms with E-state index in [1.54, 1.807) is 40.6 Å². The number of benzene rings is 4. The Kier molecular flexibility index (Phi) is 11.8. The second kappa shape index (κ2) is 16.2. The van der Waals surface area contributed by atoms with Gasteiger partial charge >= 0.3 is 0 Å². The summed E-state index contributed by atoms with van der Waals surface area (Å²) in [5, 5.41) is 10.1. The minimum Gasteiger partial charge on any atom is -0.504 e. The van der Waals surface area contributed by atoms with E-state index in [2.05, 4.69) is 39.0 Å². The largest absolute Gasteiger partial charge is 0.504 e. The summed E-state index contributed by atoms with van der Waals surface area (Å²) in [6.07, 6.45) is 2.51. The Morgan fingerprint density at radius 3 is 1.86 bits per heavy atom. The standard InChI is InChI=1S/C41H50O9/c1-10-13-25-14-17-33(35(18-25)44-6)48-32(12-3)27-19-29-24(4)39(50-40(29)36(21-27)45-7)28-22-37(46-8)41(38(23-28)47-9)49-31(11-2)26-15-16-30(42)34(20-26)43-5/h14-24,31-32,39,42H,10-13H2,1-9H3. The number of phenols is 1. The predicted octanol–water partition coefficient (Wildman–Crippen LogP) is 9.69. The van der Waals surface area contributed by atoms with E-state index in [1.807, 2.05) is 37.3 Å². The molecule has 4 aromatic rings. The lowest BCUT2D eigenvalue weighted by Gasteiger charge is -2.24. The average molecular weight is 687 g/mol.